The highest BCUT2D eigenvalue weighted by Crippen LogP contribution is 2.32. The van der Waals surface area contributed by atoms with Crippen molar-refractivity contribution in [3.8, 4) is 0 Å². The fourth-order valence-electron chi connectivity index (χ4n) is 1.11. The van der Waals surface area contributed by atoms with Gasteiger partial charge in [-0.2, -0.15) is 25.9 Å². The molecule has 8 nitrogen and oxygen atoms in total. The number of alkyl halides is 3. The highest BCUT2D eigenvalue weighted by molar-refractivity contribution is 8.10. The molecule has 0 amide bonds. The summed E-state index contributed by atoms with van der Waals surface area (Å²) >= 11 is 0. The van der Waals surface area contributed by atoms with Gasteiger partial charge in [0.2, 0.25) is 0 Å². The SMILES string of the molecule is O=S(=O)(Cl)ONS(=O)(=O)c1ccc(F)c(S(=O)(=O)C(F)(F)F)c1. The summed E-state index contributed by atoms with van der Waals surface area (Å²) in [7, 11) is -11.4. The Balaban J connectivity index is 3.42. The van der Waals surface area contributed by atoms with Crippen LogP contribution in [0.2, 0.25) is 0 Å². The second kappa shape index (κ2) is 6.14. The Labute approximate surface area is 131 Å². The Morgan fingerprint density at radius 2 is 1.57 bits per heavy atom. The lowest BCUT2D eigenvalue weighted by Gasteiger charge is -2.11. The maximum atomic E-state index is 13.3. The van der Waals surface area contributed by atoms with E-state index in [-0.39, 0.29) is 12.1 Å². The molecule has 16 heteroatoms. The van der Waals surface area contributed by atoms with E-state index in [1.54, 1.807) is 0 Å². The lowest BCUT2D eigenvalue weighted by Crippen LogP contribution is -2.27. The molecular weight excluding hydrogens is 418 g/mol. The number of sulfone groups is 1. The molecule has 0 atom stereocenters. The molecule has 0 bridgehead atoms. The van der Waals surface area contributed by atoms with Gasteiger partial charge in [-0.1, -0.05) is 4.89 Å². The molecule has 0 aliphatic carbocycles. The van der Waals surface area contributed by atoms with Crippen molar-refractivity contribution in [1.82, 2.24) is 4.89 Å². The summed E-state index contributed by atoms with van der Waals surface area (Å²) in [4.78, 5) is -2.29. The molecule has 0 radical (unpaired) electrons. The molecule has 132 valence electrons. The minimum Gasteiger partial charge on any atom is -0.214 e. The smallest absolute Gasteiger partial charge is 0.214 e. The predicted molar refractivity (Wildman–Crippen MR) is 65.8 cm³/mol. The van der Waals surface area contributed by atoms with E-state index in [0.29, 0.717) is 6.07 Å². The van der Waals surface area contributed by atoms with E-state index in [0.717, 1.165) is 4.89 Å². The van der Waals surface area contributed by atoms with E-state index in [1.807, 2.05) is 0 Å². The molecule has 0 heterocycles. The summed E-state index contributed by atoms with van der Waals surface area (Å²) in [6, 6.07) is 0.338. The standard InChI is InChI=1S/C7H4ClF4NO7S3/c8-23(18,19)20-13-22(16,17)4-1-2-5(9)6(3-4)21(14,15)7(10,11)12/h1-3,13H. The minimum atomic E-state index is -6.19. The molecule has 0 fully saturated rings. The average Bonchev–Trinajstić information content (AvgIpc) is 2.34. The number of benzene rings is 1. The van der Waals surface area contributed by atoms with Gasteiger partial charge in [0.1, 0.15) is 10.7 Å². The molecule has 0 saturated carbocycles. The predicted octanol–water partition coefficient (Wildman–Crippen LogP) is 0.813. The second-order valence-electron chi connectivity index (χ2n) is 3.60. The van der Waals surface area contributed by atoms with Gasteiger partial charge in [0, 0.05) is 0 Å². The molecule has 0 saturated heterocycles. The van der Waals surface area contributed by atoms with Crippen molar-refractivity contribution in [2.75, 3.05) is 0 Å². The first-order valence-corrected chi connectivity index (χ1v) is 10.0. The number of hydrogen-bond acceptors (Lipinski definition) is 7. The zero-order chi connectivity index (χ0) is 18.3. The summed E-state index contributed by atoms with van der Waals surface area (Å²) in [5.74, 6) is -1.87. The van der Waals surface area contributed by atoms with E-state index in [4.69, 9.17) is 0 Å². The van der Waals surface area contributed by atoms with Crippen LogP contribution in [-0.2, 0) is 33.5 Å². The largest absolute Gasteiger partial charge is 0.502 e. The Kier molecular flexibility index (Phi) is 5.35. The highest BCUT2D eigenvalue weighted by Gasteiger charge is 2.48. The van der Waals surface area contributed by atoms with Crippen molar-refractivity contribution >= 4 is 39.9 Å². The molecule has 0 unspecified atom stereocenters. The van der Waals surface area contributed by atoms with Gasteiger partial charge >= 0.3 is 14.8 Å². The summed E-state index contributed by atoms with van der Waals surface area (Å²) in [6.07, 6.45) is 0. The lowest BCUT2D eigenvalue weighted by atomic mass is 10.3. The third kappa shape index (κ3) is 4.74. The molecule has 23 heavy (non-hydrogen) atoms. The summed E-state index contributed by atoms with van der Waals surface area (Å²) in [5, 5.41) is 0. The topological polar surface area (TPSA) is 124 Å². The van der Waals surface area contributed by atoms with Gasteiger partial charge in [0.15, 0.2) is 0 Å². The van der Waals surface area contributed by atoms with Crippen LogP contribution in [0.1, 0.15) is 0 Å². The van der Waals surface area contributed by atoms with Crippen LogP contribution in [0.25, 0.3) is 0 Å². The van der Waals surface area contributed by atoms with Gasteiger partial charge in [-0.15, -0.1) is 0 Å². The van der Waals surface area contributed by atoms with Gasteiger partial charge in [-0.05, 0) is 18.2 Å². The van der Waals surface area contributed by atoms with Crippen LogP contribution in [0.4, 0.5) is 17.6 Å². The summed E-state index contributed by atoms with van der Waals surface area (Å²) in [6.45, 7) is 0. The molecule has 1 aromatic rings. The van der Waals surface area contributed by atoms with Gasteiger partial charge in [0.25, 0.3) is 19.9 Å². The zero-order valence-corrected chi connectivity index (χ0v) is 13.4. The van der Waals surface area contributed by atoms with Gasteiger partial charge in [-0.3, -0.25) is 0 Å². The number of hydrogen-bond donors (Lipinski definition) is 1. The number of rotatable bonds is 5. The first-order chi connectivity index (χ1) is 10.1. The van der Waals surface area contributed by atoms with E-state index >= 15 is 0 Å². The fraction of sp³-hybridized carbons (Fsp3) is 0.143. The summed E-state index contributed by atoms with van der Waals surface area (Å²) in [5.41, 5.74) is -5.89. The Bertz CT molecular complexity index is 923. The first-order valence-electron chi connectivity index (χ1n) is 4.84. The fourth-order valence-corrected chi connectivity index (χ4v) is 3.58. The second-order valence-corrected chi connectivity index (χ2v) is 9.25. The Morgan fingerprint density at radius 3 is 2.00 bits per heavy atom. The van der Waals surface area contributed by atoms with Crippen molar-refractivity contribution in [3.63, 3.8) is 0 Å². The van der Waals surface area contributed by atoms with E-state index in [9.17, 15) is 42.8 Å². The van der Waals surface area contributed by atoms with Crippen molar-refractivity contribution in [2.45, 2.75) is 15.3 Å². The van der Waals surface area contributed by atoms with Crippen LogP contribution in [0.5, 0.6) is 0 Å². The third-order valence-corrected chi connectivity index (χ3v) is 5.31. The molecule has 0 aliphatic heterocycles. The van der Waals surface area contributed by atoms with Crippen LogP contribution < -0.4 is 4.89 Å². The van der Waals surface area contributed by atoms with Crippen LogP contribution >= 0.6 is 10.7 Å². The lowest BCUT2D eigenvalue weighted by molar-refractivity contribution is -0.0437. The maximum Gasteiger partial charge on any atom is 0.502 e. The normalized spacial score (nSPS) is 14.0. The molecule has 0 spiro atoms. The molecule has 1 N–H and O–H groups in total. The molecule has 1 rings (SSSR count). The monoisotopic (exact) mass is 421 g/mol. The van der Waals surface area contributed by atoms with Crippen LogP contribution in [0.3, 0.4) is 0 Å². The average molecular weight is 422 g/mol. The van der Waals surface area contributed by atoms with Crippen molar-refractivity contribution < 1.29 is 47.1 Å². The Hall–Kier alpha value is -1.00. The minimum absolute atomic E-state index is 0.127. The number of sulfonamides is 1. The van der Waals surface area contributed by atoms with Gasteiger partial charge < -0.3 is 0 Å². The quantitative estimate of drug-likeness (QED) is 0.424. The van der Waals surface area contributed by atoms with Crippen molar-refractivity contribution in [1.29, 1.82) is 0 Å². The van der Waals surface area contributed by atoms with Gasteiger partial charge in [-0.25, -0.2) is 21.2 Å². The molecule has 1 aromatic carbocycles. The molecular formula is C7H4ClF4NO7S3. The van der Waals surface area contributed by atoms with Crippen LogP contribution in [-0.4, -0.2) is 30.8 Å². The zero-order valence-electron chi connectivity index (χ0n) is 10.2. The van der Waals surface area contributed by atoms with Crippen LogP contribution in [0.15, 0.2) is 28.0 Å². The third-order valence-electron chi connectivity index (χ3n) is 2.05. The number of nitrogens with one attached hydrogen (secondary N) is 1. The van der Waals surface area contributed by atoms with Gasteiger partial charge in [0.05, 0.1) is 15.6 Å². The van der Waals surface area contributed by atoms with E-state index in [1.165, 1.54) is 0 Å². The number of halogens is 5. The van der Waals surface area contributed by atoms with E-state index in [2.05, 4.69) is 15.0 Å². The van der Waals surface area contributed by atoms with Crippen molar-refractivity contribution in [2.24, 2.45) is 0 Å². The van der Waals surface area contributed by atoms with Crippen molar-refractivity contribution in [3.05, 3.63) is 24.0 Å². The van der Waals surface area contributed by atoms with E-state index < -0.39 is 50.3 Å². The first kappa shape index (κ1) is 20.0. The Morgan fingerprint density at radius 1 is 1.04 bits per heavy atom. The molecule has 0 aromatic heterocycles. The molecule has 0 aliphatic rings. The summed E-state index contributed by atoms with van der Waals surface area (Å²) < 4.78 is 120. The highest BCUT2D eigenvalue weighted by atomic mass is 35.7. The van der Waals surface area contributed by atoms with Crippen LogP contribution in [0, 0.1) is 5.82 Å². The maximum absolute atomic E-state index is 13.3.